The number of rotatable bonds is 6. The van der Waals surface area contributed by atoms with Crippen molar-refractivity contribution in [1.29, 1.82) is 0 Å². The lowest BCUT2D eigenvalue weighted by molar-refractivity contribution is -0.115. The normalized spacial score (nSPS) is 17.5. The Bertz CT molecular complexity index is 988. The fourth-order valence-corrected chi connectivity index (χ4v) is 3.63. The van der Waals surface area contributed by atoms with E-state index in [9.17, 15) is 4.79 Å². The van der Waals surface area contributed by atoms with E-state index in [1.165, 1.54) is 11.8 Å². The molecule has 1 fully saturated rings. The van der Waals surface area contributed by atoms with Gasteiger partial charge in [0.05, 0.1) is 23.8 Å². The summed E-state index contributed by atoms with van der Waals surface area (Å²) in [6.45, 7) is 5.97. The van der Waals surface area contributed by atoms with Gasteiger partial charge in [-0.3, -0.25) is 4.79 Å². The Morgan fingerprint density at radius 2 is 2.07 bits per heavy atom. The summed E-state index contributed by atoms with van der Waals surface area (Å²) in [5, 5.41) is 3.97. The number of carbonyl (C=O) groups is 1. The van der Waals surface area contributed by atoms with Gasteiger partial charge in [-0.2, -0.15) is 0 Å². The van der Waals surface area contributed by atoms with Crippen molar-refractivity contribution in [3.63, 3.8) is 0 Å². The maximum atomic E-state index is 12.4. The van der Waals surface area contributed by atoms with Gasteiger partial charge in [-0.05, 0) is 73.5 Å². The molecular weight excluding hydrogens is 408 g/mol. The molecule has 1 aliphatic rings. The number of nitrogens with one attached hydrogen (secondary N) is 1. The predicted molar refractivity (Wildman–Crippen MR) is 120 cm³/mol. The molecule has 0 unspecified atom stereocenters. The Hall–Kier alpha value is -2.44. The number of amidine groups is 1. The molecule has 5 nitrogen and oxygen atoms in total. The molecule has 1 N–H and O–H groups in total. The van der Waals surface area contributed by atoms with Gasteiger partial charge in [0.15, 0.2) is 16.7 Å². The predicted octanol–water partition coefficient (Wildman–Crippen LogP) is 5.73. The van der Waals surface area contributed by atoms with Crippen LogP contribution in [-0.2, 0) is 4.79 Å². The summed E-state index contributed by atoms with van der Waals surface area (Å²) >= 11 is 7.44. The second-order valence-corrected chi connectivity index (χ2v) is 8.05. The standard InChI is InChI=1S/C22H23ClN2O3S/c1-5-13(2)28-18-10-9-15(11-19(18)27-4)12-20-21(26)25-22(29-20)24-17-8-6-7-16(23)14(17)3/h6-13H,5H2,1-4H3,(H,24,25,26)/b20-12+/t13-/m1/s1. The average Bonchev–Trinajstić information content (AvgIpc) is 3.05. The molecule has 29 heavy (non-hydrogen) atoms. The molecule has 2 aromatic carbocycles. The van der Waals surface area contributed by atoms with Crippen LogP contribution in [0.25, 0.3) is 6.08 Å². The van der Waals surface area contributed by atoms with Crippen LogP contribution in [0.2, 0.25) is 5.02 Å². The number of aliphatic imine (C=N–C) groups is 1. The van der Waals surface area contributed by atoms with E-state index in [1.54, 1.807) is 7.11 Å². The number of carbonyl (C=O) groups excluding carboxylic acids is 1. The van der Waals surface area contributed by atoms with Crippen LogP contribution in [0, 0.1) is 6.92 Å². The minimum Gasteiger partial charge on any atom is -0.493 e. The highest BCUT2D eigenvalue weighted by Crippen LogP contribution is 2.33. The number of thioether (sulfide) groups is 1. The van der Waals surface area contributed by atoms with Gasteiger partial charge in [-0.1, -0.05) is 30.7 Å². The quantitative estimate of drug-likeness (QED) is 0.595. The lowest BCUT2D eigenvalue weighted by Gasteiger charge is -2.15. The van der Waals surface area contributed by atoms with Gasteiger partial charge in [0.1, 0.15) is 0 Å². The number of hydrogen-bond donors (Lipinski definition) is 1. The summed E-state index contributed by atoms with van der Waals surface area (Å²) in [6, 6.07) is 11.1. The third-order valence-corrected chi connectivity index (χ3v) is 5.82. The maximum absolute atomic E-state index is 12.4. The Kier molecular flexibility index (Phi) is 6.87. The number of halogens is 1. The first kappa shape index (κ1) is 21.3. The van der Waals surface area contributed by atoms with Crippen LogP contribution in [0.1, 0.15) is 31.4 Å². The molecule has 0 radical (unpaired) electrons. The Labute approximate surface area is 180 Å². The monoisotopic (exact) mass is 430 g/mol. The first-order valence-electron chi connectivity index (χ1n) is 9.30. The zero-order chi connectivity index (χ0) is 21.0. The molecule has 0 aliphatic carbocycles. The molecule has 152 valence electrons. The lowest BCUT2D eigenvalue weighted by Crippen LogP contribution is -2.19. The van der Waals surface area contributed by atoms with Gasteiger partial charge in [0.2, 0.25) is 0 Å². The fraction of sp³-hybridized carbons (Fsp3) is 0.273. The zero-order valence-corrected chi connectivity index (χ0v) is 18.4. The number of benzene rings is 2. The van der Waals surface area contributed by atoms with Crippen LogP contribution in [0.3, 0.4) is 0 Å². The van der Waals surface area contributed by atoms with E-state index in [4.69, 9.17) is 21.1 Å². The van der Waals surface area contributed by atoms with Crippen LogP contribution >= 0.6 is 23.4 Å². The van der Waals surface area contributed by atoms with E-state index in [1.807, 2.05) is 56.3 Å². The molecular formula is C22H23ClN2O3S. The number of hydrogen-bond acceptors (Lipinski definition) is 5. The van der Waals surface area contributed by atoms with Crippen molar-refractivity contribution >= 4 is 46.2 Å². The van der Waals surface area contributed by atoms with Gasteiger partial charge in [-0.25, -0.2) is 4.99 Å². The highest BCUT2D eigenvalue weighted by atomic mass is 35.5. The van der Waals surface area contributed by atoms with Crippen LogP contribution in [0.15, 0.2) is 46.3 Å². The van der Waals surface area contributed by atoms with Crippen molar-refractivity contribution in [1.82, 2.24) is 5.32 Å². The molecule has 3 rings (SSSR count). The summed E-state index contributed by atoms with van der Waals surface area (Å²) in [5.41, 5.74) is 2.45. The van der Waals surface area contributed by atoms with Gasteiger partial charge in [0, 0.05) is 5.02 Å². The van der Waals surface area contributed by atoms with Crippen molar-refractivity contribution in [3.8, 4) is 11.5 Å². The Morgan fingerprint density at radius 1 is 1.28 bits per heavy atom. The molecule has 0 bridgehead atoms. The van der Waals surface area contributed by atoms with Gasteiger partial charge < -0.3 is 14.8 Å². The van der Waals surface area contributed by atoms with E-state index < -0.39 is 0 Å². The van der Waals surface area contributed by atoms with Gasteiger partial charge in [-0.15, -0.1) is 0 Å². The molecule has 0 spiro atoms. The van der Waals surface area contributed by atoms with Crippen molar-refractivity contribution in [2.45, 2.75) is 33.3 Å². The first-order valence-corrected chi connectivity index (χ1v) is 10.5. The molecule has 0 aromatic heterocycles. The largest absolute Gasteiger partial charge is 0.493 e. The smallest absolute Gasteiger partial charge is 0.264 e. The Morgan fingerprint density at radius 3 is 2.79 bits per heavy atom. The van der Waals surface area contributed by atoms with Gasteiger partial charge in [0.25, 0.3) is 5.91 Å². The summed E-state index contributed by atoms with van der Waals surface area (Å²) in [4.78, 5) is 17.5. The third kappa shape index (κ3) is 5.14. The average molecular weight is 431 g/mol. The van der Waals surface area contributed by atoms with E-state index in [-0.39, 0.29) is 12.0 Å². The molecule has 1 atom stereocenters. The summed E-state index contributed by atoms with van der Waals surface area (Å²) in [5.74, 6) is 1.13. The fourth-order valence-electron chi connectivity index (χ4n) is 2.63. The molecule has 1 aliphatic heterocycles. The van der Waals surface area contributed by atoms with Crippen molar-refractivity contribution in [2.75, 3.05) is 7.11 Å². The second-order valence-electron chi connectivity index (χ2n) is 6.61. The van der Waals surface area contributed by atoms with Crippen molar-refractivity contribution in [2.24, 2.45) is 4.99 Å². The summed E-state index contributed by atoms with van der Waals surface area (Å²) < 4.78 is 11.3. The maximum Gasteiger partial charge on any atom is 0.264 e. The van der Waals surface area contributed by atoms with Crippen molar-refractivity contribution < 1.29 is 14.3 Å². The molecule has 2 aromatic rings. The molecule has 1 amide bonds. The topological polar surface area (TPSA) is 59.9 Å². The SMILES string of the molecule is CC[C@@H](C)Oc1ccc(/C=C2/SC(=Nc3cccc(Cl)c3C)NC2=O)cc1OC. The van der Waals surface area contributed by atoms with Crippen molar-refractivity contribution in [3.05, 3.63) is 57.5 Å². The minimum absolute atomic E-state index is 0.0954. The third-order valence-electron chi connectivity index (χ3n) is 4.50. The minimum atomic E-state index is -0.188. The van der Waals surface area contributed by atoms with Crippen LogP contribution in [0.5, 0.6) is 11.5 Å². The van der Waals surface area contributed by atoms with E-state index >= 15 is 0 Å². The summed E-state index contributed by atoms with van der Waals surface area (Å²) in [7, 11) is 1.60. The number of amides is 1. The summed E-state index contributed by atoms with van der Waals surface area (Å²) in [6.07, 6.45) is 2.81. The van der Waals surface area contributed by atoms with E-state index in [0.717, 1.165) is 23.2 Å². The molecule has 1 heterocycles. The molecule has 7 heteroatoms. The number of methoxy groups -OCH3 is 1. The van der Waals surface area contributed by atoms with Crippen LogP contribution < -0.4 is 14.8 Å². The van der Waals surface area contributed by atoms with Crippen LogP contribution in [-0.4, -0.2) is 24.3 Å². The molecule has 1 saturated heterocycles. The highest BCUT2D eigenvalue weighted by molar-refractivity contribution is 8.18. The number of nitrogens with zero attached hydrogens (tertiary/aromatic N) is 1. The highest BCUT2D eigenvalue weighted by Gasteiger charge is 2.24. The number of ether oxygens (including phenoxy) is 2. The van der Waals surface area contributed by atoms with Crippen LogP contribution in [0.4, 0.5) is 5.69 Å². The first-order chi connectivity index (χ1) is 13.9. The Balaban J connectivity index is 1.83. The van der Waals surface area contributed by atoms with Gasteiger partial charge >= 0.3 is 0 Å². The zero-order valence-electron chi connectivity index (χ0n) is 16.8. The van der Waals surface area contributed by atoms with E-state index in [2.05, 4.69) is 17.2 Å². The molecule has 0 saturated carbocycles. The van der Waals surface area contributed by atoms with E-state index in [0.29, 0.717) is 26.6 Å². The lowest BCUT2D eigenvalue weighted by atomic mass is 10.2. The second kappa shape index (κ2) is 9.37.